The second kappa shape index (κ2) is 4.44. The van der Waals surface area contributed by atoms with E-state index in [0.717, 1.165) is 31.6 Å². The van der Waals surface area contributed by atoms with Crippen molar-refractivity contribution in [3.63, 3.8) is 0 Å². The molecule has 0 unspecified atom stereocenters. The predicted molar refractivity (Wildman–Crippen MR) is 70.5 cm³/mol. The molecular weight excluding hydrogens is 226 g/mol. The van der Waals surface area contributed by atoms with Crippen LogP contribution in [-0.2, 0) is 0 Å². The van der Waals surface area contributed by atoms with Gasteiger partial charge in [0.25, 0.3) is 5.91 Å². The van der Waals surface area contributed by atoms with Crippen LogP contribution in [0.1, 0.15) is 36.2 Å². The fourth-order valence-corrected chi connectivity index (χ4v) is 2.56. The van der Waals surface area contributed by atoms with Gasteiger partial charge in [-0.15, -0.1) is 0 Å². The molecule has 0 atom stereocenters. The van der Waals surface area contributed by atoms with E-state index < -0.39 is 5.91 Å². The number of hydrogen-bond acceptors (Lipinski definition) is 3. The van der Waals surface area contributed by atoms with E-state index in [0.29, 0.717) is 5.69 Å². The summed E-state index contributed by atoms with van der Waals surface area (Å²) in [6.07, 6.45) is 6.60. The summed E-state index contributed by atoms with van der Waals surface area (Å²) in [5.41, 5.74) is 10.0. The van der Waals surface area contributed by atoms with Crippen molar-refractivity contribution in [1.82, 2.24) is 4.98 Å². The molecule has 1 aromatic heterocycles. The van der Waals surface area contributed by atoms with Gasteiger partial charge < -0.3 is 10.6 Å². The van der Waals surface area contributed by atoms with Crippen LogP contribution in [0.15, 0.2) is 29.5 Å². The van der Waals surface area contributed by atoms with Gasteiger partial charge >= 0.3 is 0 Å². The smallest absolute Gasteiger partial charge is 0.267 e. The number of pyridine rings is 1. The van der Waals surface area contributed by atoms with Crippen LogP contribution in [0.4, 0.5) is 5.69 Å². The van der Waals surface area contributed by atoms with Gasteiger partial charge in [0.2, 0.25) is 0 Å². The molecule has 4 heteroatoms. The third kappa shape index (κ3) is 2.23. The van der Waals surface area contributed by atoms with Crippen LogP contribution < -0.4 is 10.6 Å². The second-order valence-corrected chi connectivity index (χ2v) is 4.96. The first-order chi connectivity index (χ1) is 8.74. The maximum absolute atomic E-state index is 11.1. The second-order valence-electron chi connectivity index (χ2n) is 4.96. The molecule has 1 aliphatic heterocycles. The Labute approximate surface area is 106 Å². The highest BCUT2D eigenvalue weighted by atomic mass is 16.1. The van der Waals surface area contributed by atoms with Crippen LogP contribution in [0.3, 0.4) is 0 Å². The minimum absolute atomic E-state index is 0.346. The van der Waals surface area contributed by atoms with Gasteiger partial charge in [0, 0.05) is 25.0 Å². The lowest BCUT2D eigenvalue weighted by Gasteiger charge is -2.30. The lowest BCUT2D eigenvalue weighted by molar-refractivity contribution is 0.0995. The van der Waals surface area contributed by atoms with E-state index in [9.17, 15) is 4.79 Å². The summed E-state index contributed by atoms with van der Waals surface area (Å²) in [5.74, 6) is -0.463. The fraction of sp³-hybridized carbons (Fsp3) is 0.429. The highest BCUT2D eigenvalue weighted by Crippen LogP contribution is 2.36. The monoisotopic (exact) mass is 243 g/mol. The fourth-order valence-electron chi connectivity index (χ4n) is 2.56. The van der Waals surface area contributed by atoms with Crippen molar-refractivity contribution in [2.75, 3.05) is 18.0 Å². The molecule has 0 bridgehead atoms. The molecule has 4 nitrogen and oxygen atoms in total. The Morgan fingerprint density at radius 3 is 2.44 bits per heavy atom. The number of carbonyl (C=O) groups excluding carboxylic acids is 1. The number of hydrogen-bond donors (Lipinski definition) is 1. The summed E-state index contributed by atoms with van der Waals surface area (Å²) in [6, 6.07) is 3.74. The van der Waals surface area contributed by atoms with Crippen LogP contribution in [0, 0.1) is 0 Å². The normalized spacial score (nSPS) is 19.0. The quantitative estimate of drug-likeness (QED) is 0.807. The zero-order valence-electron chi connectivity index (χ0n) is 10.4. The van der Waals surface area contributed by atoms with Crippen LogP contribution >= 0.6 is 0 Å². The largest absolute Gasteiger partial charge is 0.371 e. The third-order valence-corrected chi connectivity index (χ3v) is 3.73. The molecule has 3 rings (SSSR count). The number of aromatic nitrogens is 1. The number of rotatable bonds is 2. The maximum Gasteiger partial charge on any atom is 0.267 e. The highest BCUT2D eigenvalue weighted by molar-refractivity contribution is 5.91. The van der Waals surface area contributed by atoms with Crippen LogP contribution in [0.5, 0.6) is 0 Å². The first kappa shape index (κ1) is 11.3. The molecule has 0 aromatic carbocycles. The molecule has 94 valence electrons. The molecule has 1 saturated heterocycles. The zero-order valence-corrected chi connectivity index (χ0v) is 10.4. The number of nitrogens with zero attached hydrogens (tertiary/aromatic N) is 2. The molecule has 1 aliphatic carbocycles. The van der Waals surface area contributed by atoms with Crippen LogP contribution in [0.2, 0.25) is 0 Å². The Hall–Kier alpha value is -1.84. The lowest BCUT2D eigenvalue weighted by Crippen LogP contribution is -2.31. The van der Waals surface area contributed by atoms with Crippen LogP contribution in [0.25, 0.3) is 0 Å². The predicted octanol–water partition coefficient (Wildman–Crippen LogP) is 1.87. The van der Waals surface area contributed by atoms with E-state index >= 15 is 0 Å². The van der Waals surface area contributed by atoms with Gasteiger partial charge in [-0.25, -0.2) is 0 Å². The van der Waals surface area contributed by atoms with Crippen molar-refractivity contribution in [1.29, 1.82) is 0 Å². The molecule has 1 amide bonds. The Morgan fingerprint density at radius 2 is 1.83 bits per heavy atom. The number of piperidine rings is 1. The van der Waals surface area contributed by atoms with E-state index in [1.54, 1.807) is 23.4 Å². The number of primary amides is 1. The van der Waals surface area contributed by atoms with Crippen molar-refractivity contribution < 1.29 is 4.79 Å². The first-order valence-corrected chi connectivity index (χ1v) is 6.44. The van der Waals surface area contributed by atoms with E-state index in [1.165, 1.54) is 12.8 Å². The summed E-state index contributed by atoms with van der Waals surface area (Å²) in [7, 11) is 0. The van der Waals surface area contributed by atoms with Gasteiger partial charge in [-0.1, -0.05) is 11.1 Å². The van der Waals surface area contributed by atoms with Crippen molar-refractivity contribution in [2.24, 2.45) is 5.73 Å². The molecule has 1 saturated carbocycles. The number of amides is 1. The molecular formula is C14H17N3O. The van der Waals surface area contributed by atoms with Gasteiger partial charge in [0.15, 0.2) is 0 Å². The van der Waals surface area contributed by atoms with Crippen molar-refractivity contribution >= 4 is 11.6 Å². The summed E-state index contributed by atoms with van der Waals surface area (Å²) in [4.78, 5) is 17.4. The number of allylic oxidation sites excluding steroid dienone is 1. The Bertz CT molecular complexity index is 506. The van der Waals surface area contributed by atoms with Gasteiger partial charge in [-0.05, 0) is 37.8 Å². The van der Waals surface area contributed by atoms with Crippen molar-refractivity contribution in [3.8, 4) is 0 Å². The molecule has 2 aliphatic rings. The average Bonchev–Trinajstić information content (AvgIpc) is 3.23. The van der Waals surface area contributed by atoms with E-state index in [-0.39, 0.29) is 0 Å². The molecule has 1 aromatic rings. The number of anilines is 1. The molecule has 2 fully saturated rings. The summed E-state index contributed by atoms with van der Waals surface area (Å²) >= 11 is 0. The third-order valence-electron chi connectivity index (χ3n) is 3.73. The molecule has 0 spiro atoms. The molecule has 2 heterocycles. The van der Waals surface area contributed by atoms with Gasteiger partial charge in [-0.2, -0.15) is 0 Å². The highest BCUT2D eigenvalue weighted by Gasteiger charge is 2.22. The Kier molecular flexibility index (Phi) is 2.78. The molecule has 2 N–H and O–H groups in total. The van der Waals surface area contributed by atoms with E-state index in [1.807, 2.05) is 6.07 Å². The average molecular weight is 243 g/mol. The Balaban J connectivity index is 1.74. The standard InChI is InChI=1S/C14H17N3O/c15-14(18)13-9-12(3-6-16-13)17-7-4-11(5-8-17)10-1-2-10/h3,6,9H,1-2,4-5,7-8H2,(H2,15,18). The number of carbonyl (C=O) groups is 1. The molecule has 0 radical (unpaired) electrons. The maximum atomic E-state index is 11.1. The minimum atomic E-state index is -0.463. The van der Waals surface area contributed by atoms with E-state index in [4.69, 9.17) is 5.73 Å². The van der Waals surface area contributed by atoms with Gasteiger partial charge in [-0.3, -0.25) is 9.78 Å². The SMILES string of the molecule is NC(=O)c1cc(N2CCC(=C3CC3)CC2)ccn1. The summed E-state index contributed by atoms with van der Waals surface area (Å²) in [5, 5.41) is 0. The van der Waals surface area contributed by atoms with E-state index in [2.05, 4.69) is 9.88 Å². The van der Waals surface area contributed by atoms with Gasteiger partial charge in [0.1, 0.15) is 5.69 Å². The molecule has 18 heavy (non-hydrogen) atoms. The lowest BCUT2D eigenvalue weighted by atomic mass is 10.0. The summed E-state index contributed by atoms with van der Waals surface area (Å²) < 4.78 is 0. The topological polar surface area (TPSA) is 59.2 Å². The van der Waals surface area contributed by atoms with Gasteiger partial charge in [0.05, 0.1) is 0 Å². The first-order valence-electron chi connectivity index (χ1n) is 6.44. The minimum Gasteiger partial charge on any atom is -0.371 e. The van der Waals surface area contributed by atoms with Crippen molar-refractivity contribution in [2.45, 2.75) is 25.7 Å². The van der Waals surface area contributed by atoms with Crippen molar-refractivity contribution in [3.05, 3.63) is 35.2 Å². The van der Waals surface area contributed by atoms with Crippen LogP contribution in [-0.4, -0.2) is 24.0 Å². The number of nitrogens with two attached hydrogens (primary N) is 1. The zero-order chi connectivity index (χ0) is 12.5. The summed E-state index contributed by atoms with van der Waals surface area (Å²) in [6.45, 7) is 2.06. The Morgan fingerprint density at radius 1 is 1.17 bits per heavy atom.